The molecule has 1 aliphatic heterocycles. The normalized spacial score (nSPS) is 24.2. The Morgan fingerprint density at radius 1 is 1.75 bits per heavy atom. The van der Waals surface area contributed by atoms with E-state index in [1.807, 2.05) is 11.9 Å². The highest BCUT2D eigenvalue weighted by Crippen LogP contribution is 2.01. The first-order valence-corrected chi connectivity index (χ1v) is 4.38. The largest absolute Gasteiger partial charge is 0.336 e. The zero-order chi connectivity index (χ0) is 8.97. The highest BCUT2D eigenvalue weighted by Gasteiger charge is 2.22. The summed E-state index contributed by atoms with van der Waals surface area (Å²) in [7, 11) is 1.91. The molecule has 1 fully saturated rings. The number of carbonyl (C=O) groups excluding carboxylic acids is 1. The molecule has 1 aliphatic rings. The van der Waals surface area contributed by atoms with Gasteiger partial charge in [-0.1, -0.05) is 0 Å². The molecule has 1 heterocycles. The van der Waals surface area contributed by atoms with Crippen LogP contribution in [0.4, 0.5) is 0 Å². The van der Waals surface area contributed by atoms with E-state index in [0.29, 0.717) is 6.04 Å². The van der Waals surface area contributed by atoms with E-state index in [1.54, 1.807) is 6.92 Å². The Morgan fingerprint density at radius 3 is 3.08 bits per heavy atom. The molecule has 0 spiro atoms. The molecule has 0 aromatic rings. The third kappa shape index (κ3) is 2.19. The maximum Gasteiger partial charge on any atom is 0.219 e. The molecule has 0 aromatic heterocycles. The van der Waals surface area contributed by atoms with E-state index >= 15 is 0 Å². The van der Waals surface area contributed by atoms with Crippen LogP contribution in [-0.2, 0) is 4.79 Å². The van der Waals surface area contributed by atoms with Crippen molar-refractivity contribution in [3.63, 3.8) is 0 Å². The number of hydrogen-bond acceptors (Lipinski definition) is 3. The maximum atomic E-state index is 11.2. The highest BCUT2D eigenvalue weighted by atomic mass is 16.2. The van der Waals surface area contributed by atoms with Crippen LogP contribution in [0.25, 0.3) is 0 Å². The molecule has 0 bridgehead atoms. The average molecular weight is 171 g/mol. The average Bonchev–Trinajstić information content (AvgIpc) is 2.05. The molecule has 0 aromatic carbocycles. The van der Waals surface area contributed by atoms with Crippen LogP contribution >= 0.6 is 0 Å². The van der Waals surface area contributed by atoms with Crippen LogP contribution in [0.2, 0.25) is 0 Å². The number of carbonyl (C=O) groups is 1. The Hall–Kier alpha value is -0.610. The van der Waals surface area contributed by atoms with Gasteiger partial charge in [-0.05, 0) is 7.05 Å². The monoisotopic (exact) mass is 171 g/mol. The van der Waals surface area contributed by atoms with Crippen LogP contribution in [0.3, 0.4) is 0 Å². The fourth-order valence-electron chi connectivity index (χ4n) is 1.59. The molecule has 0 radical (unpaired) electrons. The van der Waals surface area contributed by atoms with E-state index in [-0.39, 0.29) is 5.91 Å². The van der Waals surface area contributed by atoms with E-state index in [0.717, 1.165) is 26.2 Å². The molecule has 1 unspecified atom stereocenters. The Balaban J connectivity index is 2.48. The van der Waals surface area contributed by atoms with Crippen LogP contribution < -0.4 is 10.6 Å². The number of nitrogens with zero attached hydrogens (tertiary/aromatic N) is 1. The molecule has 2 N–H and O–H groups in total. The summed E-state index contributed by atoms with van der Waals surface area (Å²) in [6, 6.07) is 0.321. The van der Waals surface area contributed by atoms with Gasteiger partial charge in [0.05, 0.1) is 6.04 Å². The SMILES string of the molecule is CNCC1CNCCN1C(C)=O. The van der Waals surface area contributed by atoms with Crippen molar-refractivity contribution < 1.29 is 4.79 Å². The molecule has 1 atom stereocenters. The van der Waals surface area contributed by atoms with Gasteiger partial charge >= 0.3 is 0 Å². The molecule has 1 amide bonds. The Labute approximate surface area is 73.3 Å². The summed E-state index contributed by atoms with van der Waals surface area (Å²) in [6.45, 7) is 5.16. The first-order valence-electron chi connectivity index (χ1n) is 4.38. The zero-order valence-electron chi connectivity index (χ0n) is 7.76. The van der Waals surface area contributed by atoms with E-state index < -0.39 is 0 Å². The fourth-order valence-corrected chi connectivity index (χ4v) is 1.59. The maximum absolute atomic E-state index is 11.2. The third-order valence-electron chi connectivity index (χ3n) is 2.19. The van der Waals surface area contributed by atoms with Crippen molar-refractivity contribution in [1.82, 2.24) is 15.5 Å². The molecule has 1 saturated heterocycles. The zero-order valence-corrected chi connectivity index (χ0v) is 7.76. The van der Waals surface area contributed by atoms with Crippen molar-refractivity contribution in [1.29, 1.82) is 0 Å². The predicted molar refractivity (Wildman–Crippen MR) is 48.0 cm³/mol. The Kier molecular flexibility index (Phi) is 3.49. The standard InChI is InChI=1S/C8H17N3O/c1-7(12)11-4-3-10-6-8(11)5-9-2/h8-10H,3-6H2,1-2H3. The van der Waals surface area contributed by atoms with Crippen molar-refractivity contribution in [3.05, 3.63) is 0 Å². The Bertz CT molecular complexity index is 158. The van der Waals surface area contributed by atoms with Crippen LogP contribution in [0.5, 0.6) is 0 Å². The van der Waals surface area contributed by atoms with Crippen LogP contribution in [-0.4, -0.2) is 50.1 Å². The third-order valence-corrected chi connectivity index (χ3v) is 2.19. The van der Waals surface area contributed by atoms with Crippen LogP contribution in [0, 0.1) is 0 Å². The lowest BCUT2D eigenvalue weighted by atomic mass is 10.2. The Morgan fingerprint density at radius 2 is 2.50 bits per heavy atom. The van der Waals surface area contributed by atoms with Crippen molar-refractivity contribution in [2.24, 2.45) is 0 Å². The van der Waals surface area contributed by atoms with Gasteiger partial charge in [0.2, 0.25) is 5.91 Å². The minimum Gasteiger partial charge on any atom is -0.336 e. The van der Waals surface area contributed by atoms with Gasteiger partial charge in [0, 0.05) is 33.1 Å². The van der Waals surface area contributed by atoms with Gasteiger partial charge in [0.1, 0.15) is 0 Å². The lowest BCUT2D eigenvalue weighted by Crippen LogP contribution is -2.56. The number of piperazine rings is 1. The summed E-state index contributed by atoms with van der Waals surface area (Å²) in [5.74, 6) is 0.178. The van der Waals surface area contributed by atoms with E-state index in [1.165, 1.54) is 0 Å². The lowest BCUT2D eigenvalue weighted by Gasteiger charge is -2.35. The summed E-state index contributed by atoms with van der Waals surface area (Å²) in [6.07, 6.45) is 0. The highest BCUT2D eigenvalue weighted by molar-refractivity contribution is 5.73. The first-order chi connectivity index (χ1) is 5.75. The molecular formula is C8H17N3O. The molecule has 4 heteroatoms. The quantitative estimate of drug-likeness (QED) is 0.561. The summed E-state index contributed by atoms with van der Waals surface area (Å²) >= 11 is 0. The fraction of sp³-hybridized carbons (Fsp3) is 0.875. The number of likely N-dealkylation sites (N-methyl/N-ethyl adjacent to an activating group) is 1. The summed E-state index contributed by atoms with van der Waals surface area (Å²) in [5, 5.41) is 6.36. The smallest absolute Gasteiger partial charge is 0.219 e. The summed E-state index contributed by atoms with van der Waals surface area (Å²) < 4.78 is 0. The molecule has 4 nitrogen and oxygen atoms in total. The van der Waals surface area contributed by atoms with Crippen molar-refractivity contribution in [3.8, 4) is 0 Å². The van der Waals surface area contributed by atoms with Gasteiger partial charge in [-0.15, -0.1) is 0 Å². The molecule has 0 saturated carbocycles. The van der Waals surface area contributed by atoms with Crippen molar-refractivity contribution >= 4 is 5.91 Å². The molecular weight excluding hydrogens is 154 g/mol. The molecule has 0 aliphatic carbocycles. The number of amides is 1. The number of hydrogen-bond donors (Lipinski definition) is 2. The number of rotatable bonds is 2. The topological polar surface area (TPSA) is 44.4 Å². The second-order valence-corrected chi connectivity index (χ2v) is 3.13. The van der Waals surface area contributed by atoms with Gasteiger partial charge in [-0.2, -0.15) is 0 Å². The van der Waals surface area contributed by atoms with Crippen LogP contribution in [0.1, 0.15) is 6.92 Å². The van der Waals surface area contributed by atoms with Gasteiger partial charge in [-0.3, -0.25) is 4.79 Å². The molecule has 12 heavy (non-hydrogen) atoms. The minimum atomic E-state index is 0.178. The van der Waals surface area contributed by atoms with Crippen molar-refractivity contribution in [2.75, 3.05) is 33.2 Å². The van der Waals surface area contributed by atoms with E-state index in [9.17, 15) is 4.79 Å². The van der Waals surface area contributed by atoms with E-state index in [4.69, 9.17) is 0 Å². The minimum absolute atomic E-state index is 0.178. The summed E-state index contributed by atoms with van der Waals surface area (Å²) in [4.78, 5) is 13.1. The van der Waals surface area contributed by atoms with Gasteiger partial charge in [0.25, 0.3) is 0 Å². The second kappa shape index (κ2) is 4.42. The molecule has 1 rings (SSSR count). The lowest BCUT2D eigenvalue weighted by molar-refractivity contribution is -0.131. The van der Waals surface area contributed by atoms with Gasteiger partial charge in [0.15, 0.2) is 0 Å². The van der Waals surface area contributed by atoms with Crippen molar-refractivity contribution in [2.45, 2.75) is 13.0 Å². The second-order valence-electron chi connectivity index (χ2n) is 3.13. The van der Waals surface area contributed by atoms with E-state index in [2.05, 4.69) is 10.6 Å². The summed E-state index contributed by atoms with van der Waals surface area (Å²) in [5.41, 5.74) is 0. The van der Waals surface area contributed by atoms with Crippen LogP contribution in [0.15, 0.2) is 0 Å². The predicted octanol–water partition coefficient (Wildman–Crippen LogP) is -0.974. The number of nitrogens with one attached hydrogen (secondary N) is 2. The first kappa shape index (κ1) is 9.48. The van der Waals surface area contributed by atoms with Gasteiger partial charge < -0.3 is 15.5 Å². The molecule has 70 valence electrons. The van der Waals surface area contributed by atoms with Gasteiger partial charge in [-0.25, -0.2) is 0 Å².